The maximum absolute atomic E-state index is 13.5. The molecule has 0 saturated carbocycles. The first-order chi connectivity index (χ1) is 45.3. The van der Waals surface area contributed by atoms with Crippen molar-refractivity contribution in [2.45, 2.75) is 23.6 Å². The number of carbonyl (C=O) groups excluding carboxylic acids is 5. The molecule has 0 saturated heterocycles. The van der Waals surface area contributed by atoms with Crippen LogP contribution in [-0.4, -0.2) is 103 Å². The number of phenols is 1. The molecular formula is C65H62Cl2N8O17P2S2. The van der Waals surface area contributed by atoms with Crippen molar-refractivity contribution in [1.29, 1.82) is 10.5 Å². The number of para-hydroxylation sites is 2. The summed E-state index contributed by atoms with van der Waals surface area (Å²) in [6.45, 7) is 5.37. The highest BCUT2D eigenvalue weighted by atomic mass is 35.5. The molecule has 0 aliphatic carbocycles. The molecule has 0 fully saturated rings. The van der Waals surface area contributed by atoms with Crippen molar-refractivity contribution in [3.05, 3.63) is 224 Å². The zero-order valence-corrected chi connectivity index (χ0v) is 56.4. The number of nitrogens with one attached hydrogen (secondary N) is 3. The number of aryl methyl sites for hydroxylation is 2. The summed E-state index contributed by atoms with van der Waals surface area (Å²) < 4.78 is 98.1. The number of hydrogen-bond donors (Lipinski definition) is 7. The molecule has 8 rings (SSSR count). The molecule has 0 aliphatic rings. The number of ketones is 2. The first-order valence-corrected chi connectivity index (χ1v) is 36.5. The maximum Gasteiger partial charge on any atom is 0.412 e. The van der Waals surface area contributed by atoms with Crippen molar-refractivity contribution < 1.29 is 78.3 Å². The minimum Gasteiger partial charge on any atom is -0.506 e. The Morgan fingerprint density at radius 1 is 0.552 bits per heavy atom. The Hall–Kier alpha value is -9.89. The number of nitrogens with two attached hydrogens (primary N) is 3. The molecule has 0 radical (unpaired) electrons. The van der Waals surface area contributed by atoms with E-state index >= 15 is 0 Å². The van der Waals surface area contributed by atoms with Crippen LogP contribution in [0.5, 0.6) is 34.5 Å². The molecule has 3 amide bonds. The number of aromatic hydroxyl groups is 1. The molecule has 0 spiro atoms. The number of halogens is 2. The molecule has 8 aromatic carbocycles. The average molecular weight is 1420 g/mol. The van der Waals surface area contributed by atoms with E-state index in [0.29, 0.717) is 41.0 Å². The van der Waals surface area contributed by atoms with Gasteiger partial charge in [0.15, 0.2) is 30.5 Å². The van der Waals surface area contributed by atoms with Crippen LogP contribution in [0.3, 0.4) is 0 Å². The van der Waals surface area contributed by atoms with Crippen molar-refractivity contribution in [2.75, 3.05) is 62.6 Å². The number of primary sulfonamides is 2. The second-order valence-electron chi connectivity index (χ2n) is 20.7. The summed E-state index contributed by atoms with van der Waals surface area (Å²) in [7, 11) is -13.5. The van der Waals surface area contributed by atoms with Crippen LogP contribution in [-0.2, 0) is 38.8 Å². The fourth-order valence-corrected chi connectivity index (χ4v) is 12.2. The highest BCUT2D eigenvalue weighted by molar-refractivity contribution is 7.89. The fourth-order valence-electron chi connectivity index (χ4n) is 8.32. The largest absolute Gasteiger partial charge is 0.506 e. The lowest BCUT2D eigenvalue weighted by molar-refractivity contribution is -0.118. The van der Waals surface area contributed by atoms with E-state index < -0.39 is 77.5 Å². The molecule has 0 aliphatic heterocycles. The van der Waals surface area contributed by atoms with Gasteiger partial charge in [0.25, 0.3) is 11.8 Å². The van der Waals surface area contributed by atoms with Crippen LogP contribution in [0.15, 0.2) is 180 Å². The van der Waals surface area contributed by atoms with Crippen LogP contribution in [0.4, 0.5) is 16.2 Å². The Balaban J connectivity index is 0.000000266. The van der Waals surface area contributed by atoms with Crippen LogP contribution >= 0.6 is 37.9 Å². The minimum atomic E-state index is -3.95. The molecule has 500 valence electrons. The number of rotatable bonds is 24. The van der Waals surface area contributed by atoms with Gasteiger partial charge in [0.1, 0.15) is 28.7 Å². The number of amides is 3. The van der Waals surface area contributed by atoms with Crippen molar-refractivity contribution in [3.8, 4) is 46.6 Å². The predicted molar refractivity (Wildman–Crippen MR) is 361 cm³/mol. The first-order valence-electron chi connectivity index (χ1n) is 28.1. The molecule has 2 unspecified atom stereocenters. The first kappa shape index (κ1) is 75.1. The Morgan fingerprint density at radius 2 is 0.979 bits per heavy atom. The van der Waals surface area contributed by atoms with Gasteiger partial charge in [-0.3, -0.25) is 28.3 Å². The summed E-state index contributed by atoms with van der Waals surface area (Å²) in [6, 6.07) is 46.0. The molecule has 0 bridgehead atoms. The number of nitrogens with zero attached hydrogens (tertiary/aromatic N) is 2. The van der Waals surface area contributed by atoms with Crippen LogP contribution in [0.1, 0.15) is 54.1 Å². The third-order valence-corrected chi connectivity index (χ3v) is 18.7. The van der Waals surface area contributed by atoms with E-state index in [1.54, 1.807) is 75.1 Å². The van der Waals surface area contributed by atoms with Crippen molar-refractivity contribution in [2.24, 2.45) is 16.0 Å². The lowest BCUT2D eigenvalue weighted by Gasteiger charge is -2.16. The highest BCUT2D eigenvalue weighted by Crippen LogP contribution is 2.43. The standard InChI is InChI=1S/C33H30ClN4O9PS.C23H18ClN3O6S.C9H14NO2P/c1-21-15-25(49(36,43)44)11-12-28(21)38-31(39)20-45-29-18-30(27(34)17-26(29)32(40)23-8-6-7-22(16-23)19-35)46-33(41)37-13-14-48(2,42)47-24-9-4-3-5-10-24;1-13-7-16(34(26,31)32)5-6-19(13)27-22(29)12-33-21-10-20(28)18(24)9-17(21)23(30)15-4-2-3-14(8-15)11-25;1-13(11,8-7-10)12-9-5-3-2-4-6-9/h3-12,15-18H,13-14,20H2,1-2H3,(H,37,41)(H,38,39)(H2,36,43,44);2-10,28H,12H2,1H3,(H,27,29)(H2,26,31,32);2-6H,7-8,10H2,1H3. The predicted octanol–water partition coefficient (Wildman–Crippen LogP) is 10.5. The summed E-state index contributed by atoms with van der Waals surface area (Å²) in [5.41, 5.74) is 7.52. The number of ether oxygens (including phenoxy) is 3. The Kier molecular flexibility index (Phi) is 26.6. The lowest BCUT2D eigenvalue weighted by atomic mass is 10.0. The van der Waals surface area contributed by atoms with Crippen LogP contribution in [0, 0.1) is 36.5 Å². The van der Waals surface area contributed by atoms with E-state index in [-0.39, 0.29) is 94.6 Å². The van der Waals surface area contributed by atoms with Crippen LogP contribution in [0.2, 0.25) is 10.0 Å². The van der Waals surface area contributed by atoms with Gasteiger partial charge in [0, 0.05) is 67.2 Å². The topological polar surface area (TPSA) is 416 Å². The minimum absolute atomic E-state index is 0.00631. The Morgan fingerprint density at radius 3 is 1.40 bits per heavy atom. The molecule has 96 heavy (non-hydrogen) atoms. The van der Waals surface area contributed by atoms with Crippen LogP contribution < -0.4 is 55.2 Å². The van der Waals surface area contributed by atoms with Gasteiger partial charge in [-0.1, -0.05) is 83.9 Å². The van der Waals surface area contributed by atoms with E-state index in [9.17, 15) is 60.3 Å². The number of anilines is 2. The van der Waals surface area contributed by atoms with Gasteiger partial charge in [-0.25, -0.2) is 31.9 Å². The second-order valence-corrected chi connectivity index (χ2v) is 30.0. The van der Waals surface area contributed by atoms with E-state index in [4.69, 9.17) is 67.7 Å². The van der Waals surface area contributed by atoms with Gasteiger partial charge in [-0.15, -0.1) is 0 Å². The molecule has 8 aromatic rings. The lowest BCUT2D eigenvalue weighted by Crippen LogP contribution is -2.30. The van der Waals surface area contributed by atoms with Gasteiger partial charge < -0.3 is 50.0 Å². The normalized spacial score (nSPS) is 12.1. The van der Waals surface area contributed by atoms with E-state index in [2.05, 4.69) is 16.0 Å². The smallest absolute Gasteiger partial charge is 0.412 e. The van der Waals surface area contributed by atoms with Gasteiger partial charge in [0.05, 0.1) is 60.4 Å². The number of sulfonamides is 2. The molecular weight excluding hydrogens is 1360 g/mol. The van der Waals surface area contributed by atoms with Crippen molar-refractivity contribution in [1.82, 2.24) is 5.32 Å². The fraction of sp³-hybridized carbons (Fsp3) is 0.154. The zero-order valence-electron chi connectivity index (χ0n) is 51.5. The van der Waals surface area contributed by atoms with Crippen LogP contribution in [0.25, 0.3) is 0 Å². The SMILES string of the molecule is CP(=O)(CCN)Oc1ccccc1.Cc1cc(S(N)(=O)=O)ccc1NC(=O)COc1cc(O)c(Cl)cc1C(=O)c1cccc(C#N)c1.Cc1cc(S(N)(=O)=O)ccc1NC(=O)COc1cc(OC(=O)NCCP(C)(=O)Oc2ccccc2)c(Cl)cc1C(=O)c1cccc(C#N)c1. The highest BCUT2D eigenvalue weighted by Gasteiger charge is 2.25. The third-order valence-electron chi connectivity index (χ3n) is 13.0. The Bertz CT molecular complexity index is 4660. The summed E-state index contributed by atoms with van der Waals surface area (Å²) in [5.74, 6) is -2.18. The summed E-state index contributed by atoms with van der Waals surface area (Å²) in [6.07, 6.45) is -0.542. The zero-order chi connectivity index (χ0) is 70.5. The molecule has 0 aromatic heterocycles. The van der Waals surface area contributed by atoms with Gasteiger partial charge >= 0.3 is 6.09 Å². The summed E-state index contributed by atoms with van der Waals surface area (Å²) in [5, 5.41) is 46.0. The number of phenolic OH excluding ortho intramolecular Hbond substituents is 1. The Labute approximate surface area is 563 Å². The third kappa shape index (κ3) is 22.9. The molecule has 0 heterocycles. The van der Waals surface area contributed by atoms with Gasteiger partial charge in [-0.05, 0) is 122 Å². The molecule has 25 nitrogen and oxygen atoms in total. The average Bonchev–Trinajstić information content (AvgIpc) is 0.826. The monoisotopic (exact) mass is 1420 g/mol. The van der Waals surface area contributed by atoms with Crippen molar-refractivity contribution in [3.63, 3.8) is 0 Å². The number of nitriles is 2. The molecule has 10 N–H and O–H groups in total. The van der Waals surface area contributed by atoms with E-state index in [1.165, 1.54) is 91.6 Å². The summed E-state index contributed by atoms with van der Waals surface area (Å²) in [4.78, 5) is 64.2. The van der Waals surface area contributed by atoms with Gasteiger partial charge in [-0.2, -0.15) is 10.5 Å². The quantitative estimate of drug-likeness (QED) is 0.0218. The summed E-state index contributed by atoms with van der Waals surface area (Å²) >= 11 is 12.4. The van der Waals surface area contributed by atoms with E-state index in [1.807, 2.05) is 30.3 Å². The maximum atomic E-state index is 13.5. The van der Waals surface area contributed by atoms with Gasteiger partial charge in [0.2, 0.25) is 34.8 Å². The molecule has 31 heteroatoms. The number of benzene rings is 8. The number of carbonyl (C=O) groups is 5. The van der Waals surface area contributed by atoms with E-state index in [0.717, 1.165) is 12.1 Å². The van der Waals surface area contributed by atoms with Crippen molar-refractivity contribution >= 4 is 98.8 Å². The molecule has 2 atom stereocenters. The second kappa shape index (κ2) is 34.0. The number of hydrogen-bond acceptors (Lipinski definition) is 20.